The Morgan fingerprint density at radius 2 is 1.72 bits per heavy atom. The minimum Gasteiger partial charge on any atom is -0.456 e. The number of nitrogens with zero attached hydrogens (tertiary/aromatic N) is 1. The molecule has 3 aromatic rings. The standard InChI is InChI=1S/C23H19F2IN2O4/c1-28(2)23(30)32-18-5-3-4-17(12-18)31-20-10-15(24)9-14(21(20)22(27)29)8-13-6-7-16(26)11-19(13)25/h3-7,9-12H,8H2,1-2H3,(H2,27,29). The average molecular weight is 552 g/mol. The van der Waals surface area contributed by atoms with Gasteiger partial charge in [-0.2, -0.15) is 0 Å². The number of amides is 2. The van der Waals surface area contributed by atoms with E-state index in [0.29, 0.717) is 3.57 Å². The van der Waals surface area contributed by atoms with Crippen molar-refractivity contribution in [1.29, 1.82) is 0 Å². The Kier molecular flexibility index (Phi) is 7.29. The number of benzene rings is 3. The van der Waals surface area contributed by atoms with Crippen molar-refractivity contribution < 1.29 is 27.8 Å². The molecule has 3 rings (SSSR count). The van der Waals surface area contributed by atoms with Crippen LogP contribution >= 0.6 is 22.6 Å². The summed E-state index contributed by atoms with van der Waals surface area (Å²) >= 11 is 1.98. The van der Waals surface area contributed by atoms with Crippen molar-refractivity contribution in [2.24, 2.45) is 5.73 Å². The van der Waals surface area contributed by atoms with Gasteiger partial charge in [-0.15, -0.1) is 0 Å². The number of ether oxygens (including phenoxy) is 2. The van der Waals surface area contributed by atoms with Crippen LogP contribution in [0.15, 0.2) is 54.6 Å². The maximum Gasteiger partial charge on any atom is 0.414 e. The monoisotopic (exact) mass is 552 g/mol. The molecule has 166 valence electrons. The molecule has 0 atom stereocenters. The highest BCUT2D eigenvalue weighted by molar-refractivity contribution is 14.1. The topological polar surface area (TPSA) is 81.9 Å². The number of rotatable bonds is 6. The normalized spacial score (nSPS) is 10.5. The van der Waals surface area contributed by atoms with Gasteiger partial charge in [-0.3, -0.25) is 4.79 Å². The minimum absolute atomic E-state index is 0.0599. The number of halogens is 3. The third kappa shape index (κ3) is 5.72. The first-order valence-corrected chi connectivity index (χ1v) is 10.4. The second kappa shape index (κ2) is 9.94. The molecule has 0 fully saturated rings. The Bertz CT molecular complexity index is 1180. The zero-order chi connectivity index (χ0) is 23.4. The molecular weight excluding hydrogens is 533 g/mol. The fourth-order valence-electron chi connectivity index (χ4n) is 2.93. The maximum atomic E-state index is 14.4. The van der Waals surface area contributed by atoms with Crippen LogP contribution in [-0.4, -0.2) is 31.0 Å². The fourth-order valence-corrected chi connectivity index (χ4v) is 3.38. The molecule has 0 radical (unpaired) electrons. The van der Waals surface area contributed by atoms with Crippen LogP contribution in [0.25, 0.3) is 0 Å². The predicted molar refractivity (Wildman–Crippen MR) is 123 cm³/mol. The molecule has 0 unspecified atom stereocenters. The number of carbonyl (C=O) groups is 2. The average Bonchev–Trinajstić information content (AvgIpc) is 2.69. The molecule has 0 aliphatic heterocycles. The molecule has 6 nitrogen and oxygen atoms in total. The van der Waals surface area contributed by atoms with E-state index in [1.807, 2.05) is 22.6 Å². The lowest BCUT2D eigenvalue weighted by Crippen LogP contribution is -2.25. The van der Waals surface area contributed by atoms with E-state index in [1.165, 1.54) is 31.1 Å². The summed E-state index contributed by atoms with van der Waals surface area (Å²) < 4.78 is 40.3. The number of primary amides is 1. The first-order valence-electron chi connectivity index (χ1n) is 9.37. The zero-order valence-corrected chi connectivity index (χ0v) is 19.4. The van der Waals surface area contributed by atoms with Gasteiger partial charge in [0, 0.05) is 36.2 Å². The highest BCUT2D eigenvalue weighted by Gasteiger charge is 2.20. The van der Waals surface area contributed by atoms with Gasteiger partial charge in [-0.25, -0.2) is 13.6 Å². The summed E-state index contributed by atoms with van der Waals surface area (Å²) in [4.78, 5) is 25.2. The lowest BCUT2D eigenvalue weighted by atomic mass is 9.98. The largest absolute Gasteiger partial charge is 0.456 e. The molecule has 0 aliphatic carbocycles. The maximum absolute atomic E-state index is 14.4. The summed E-state index contributed by atoms with van der Waals surface area (Å²) in [6, 6.07) is 12.8. The van der Waals surface area contributed by atoms with E-state index in [1.54, 1.807) is 30.3 Å². The third-order valence-corrected chi connectivity index (χ3v) is 5.07. The van der Waals surface area contributed by atoms with Crippen LogP contribution in [0.4, 0.5) is 13.6 Å². The van der Waals surface area contributed by atoms with Gasteiger partial charge in [0.05, 0.1) is 5.56 Å². The molecule has 0 aliphatic rings. The lowest BCUT2D eigenvalue weighted by molar-refractivity contribution is 0.0997. The van der Waals surface area contributed by atoms with E-state index < -0.39 is 23.6 Å². The summed E-state index contributed by atoms with van der Waals surface area (Å²) in [6.07, 6.45) is -0.650. The number of nitrogens with two attached hydrogens (primary N) is 1. The van der Waals surface area contributed by atoms with Crippen molar-refractivity contribution in [2.45, 2.75) is 6.42 Å². The van der Waals surface area contributed by atoms with Crippen molar-refractivity contribution in [3.8, 4) is 17.2 Å². The number of carbonyl (C=O) groups excluding carboxylic acids is 2. The van der Waals surface area contributed by atoms with E-state index in [4.69, 9.17) is 15.2 Å². The van der Waals surface area contributed by atoms with Gasteiger partial charge in [0.15, 0.2) is 0 Å². The molecule has 0 aromatic heterocycles. The summed E-state index contributed by atoms with van der Waals surface area (Å²) in [5.74, 6) is -1.76. The molecule has 9 heteroatoms. The van der Waals surface area contributed by atoms with Crippen molar-refractivity contribution >= 4 is 34.6 Å². The van der Waals surface area contributed by atoms with E-state index in [9.17, 15) is 18.4 Å². The SMILES string of the molecule is CN(C)C(=O)Oc1cccc(Oc2cc(F)cc(Cc3ccc(I)cc3F)c2C(N)=O)c1. The van der Waals surface area contributed by atoms with Crippen molar-refractivity contribution in [3.63, 3.8) is 0 Å². The molecule has 0 heterocycles. The zero-order valence-electron chi connectivity index (χ0n) is 17.2. The second-order valence-electron chi connectivity index (χ2n) is 7.05. The Labute approximate surface area is 197 Å². The summed E-state index contributed by atoms with van der Waals surface area (Å²) in [5.41, 5.74) is 5.95. The molecule has 0 saturated carbocycles. The van der Waals surface area contributed by atoms with Crippen LogP contribution in [0.2, 0.25) is 0 Å². The number of hydrogen-bond donors (Lipinski definition) is 1. The molecular formula is C23H19F2IN2O4. The predicted octanol–water partition coefficient (Wildman–Crippen LogP) is 5.11. The number of hydrogen-bond acceptors (Lipinski definition) is 4. The second-order valence-corrected chi connectivity index (χ2v) is 8.30. The summed E-state index contributed by atoms with van der Waals surface area (Å²) in [5, 5.41) is 0. The molecule has 0 spiro atoms. The fraction of sp³-hybridized carbons (Fsp3) is 0.130. The highest BCUT2D eigenvalue weighted by Crippen LogP contribution is 2.32. The van der Waals surface area contributed by atoms with Gasteiger partial charge < -0.3 is 20.1 Å². The van der Waals surface area contributed by atoms with Crippen molar-refractivity contribution in [2.75, 3.05) is 14.1 Å². The molecule has 32 heavy (non-hydrogen) atoms. The Hall–Kier alpha value is -3.21. The molecule has 0 saturated heterocycles. The summed E-state index contributed by atoms with van der Waals surface area (Å²) in [6.45, 7) is 0. The quantitative estimate of drug-likeness (QED) is 0.431. The van der Waals surface area contributed by atoms with Gasteiger partial charge in [0.1, 0.15) is 28.9 Å². The van der Waals surface area contributed by atoms with Crippen LogP contribution in [0, 0.1) is 15.2 Å². The van der Waals surface area contributed by atoms with Crippen LogP contribution in [0.1, 0.15) is 21.5 Å². The van der Waals surface area contributed by atoms with Crippen molar-refractivity contribution in [1.82, 2.24) is 4.90 Å². The van der Waals surface area contributed by atoms with Crippen LogP contribution in [0.5, 0.6) is 17.2 Å². The van der Waals surface area contributed by atoms with Crippen LogP contribution in [-0.2, 0) is 6.42 Å². The van der Waals surface area contributed by atoms with Gasteiger partial charge in [-0.1, -0.05) is 12.1 Å². The van der Waals surface area contributed by atoms with Crippen LogP contribution < -0.4 is 15.2 Å². The van der Waals surface area contributed by atoms with Gasteiger partial charge >= 0.3 is 6.09 Å². The first kappa shape index (κ1) is 23.5. The molecule has 3 aromatic carbocycles. The minimum atomic E-state index is -0.851. The lowest BCUT2D eigenvalue weighted by Gasteiger charge is -2.15. The molecule has 2 amide bonds. The first-order chi connectivity index (χ1) is 15.1. The molecule has 2 N–H and O–H groups in total. The third-order valence-electron chi connectivity index (χ3n) is 4.39. The van der Waals surface area contributed by atoms with Crippen molar-refractivity contribution in [3.05, 3.63) is 86.5 Å². The van der Waals surface area contributed by atoms with Gasteiger partial charge in [0.2, 0.25) is 0 Å². The smallest absolute Gasteiger partial charge is 0.414 e. The Morgan fingerprint density at radius 3 is 2.38 bits per heavy atom. The Balaban J connectivity index is 1.97. The Morgan fingerprint density at radius 1 is 1.00 bits per heavy atom. The van der Waals surface area contributed by atoms with E-state index in [0.717, 1.165) is 12.1 Å². The summed E-state index contributed by atoms with van der Waals surface area (Å²) in [7, 11) is 3.07. The van der Waals surface area contributed by atoms with Gasteiger partial charge in [0.25, 0.3) is 5.91 Å². The van der Waals surface area contributed by atoms with E-state index in [-0.39, 0.29) is 40.4 Å². The van der Waals surface area contributed by atoms with E-state index in [2.05, 4.69) is 0 Å². The van der Waals surface area contributed by atoms with Gasteiger partial charge in [-0.05, 0) is 64.0 Å². The molecule has 0 bridgehead atoms. The van der Waals surface area contributed by atoms with Crippen LogP contribution in [0.3, 0.4) is 0 Å². The highest BCUT2D eigenvalue weighted by atomic mass is 127. The van der Waals surface area contributed by atoms with E-state index >= 15 is 0 Å².